The van der Waals surface area contributed by atoms with Crippen LogP contribution in [-0.4, -0.2) is 18.0 Å². The minimum Gasteiger partial charge on any atom is -0.399 e. The second-order valence-corrected chi connectivity index (χ2v) is 5.71. The molecule has 20 heavy (non-hydrogen) atoms. The lowest BCUT2D eigenvalue weighted by Gasteiger charge is -2.32. The molecule has 1 saturated heterocycles. The van der Waals surface area contributed by atoms with Crippen LogP contribution in [0.25, 0.3) is 0 Å². The lowest BCUT2D eigenvalue weighted by molar-refractivity contribution is 0.204. The highest BCUT2D eigenvalue weighted by Gasteiger charge is 2.20. The predicted octanol–water partition coefficient (Wildman–Crippen LogP) is 3.65. The molecule has 2 nitrogen and oxygen atoms in total. The van der Waals surface area contributed by atoms with Crippen LogP contribution >= 0.6 is 0 Å². The Kier molecular flexibility index (Phi) is 4.03. The second-order valence-electron chi connectivity index (χ2n) is 5.71. The van der Waals surface area contributed by atoms with Crippen molar-refractivity contribution in [3.05, 3.63) is 65.7 Å². The molecule has 104 valence electrons. The van der Waals surface area contributed by atoms with E-state index in [2.05, 4.69) is 47.4 Å². The van der Waals surface area contributed by atoms with Crippen LogP contribution in [0.3, 0.4) is 0 Å². The van der Waals surface area contributed by atoms with Crippen LogP contribution in [0.4, 0.5) is 5.69 Å². The number of rotatable bonds is 3. The first-order valence-corrected chi connectivity index (χ1v) is 7.43. The molecule has 0 amide bonds. The third-order valence-electron chi connectivity index (χ3n) is 4.22. The molecule has 2 heteroatoms. The molecular weight excluding hydrogens is 244 g/mol. The molecule has 1 aliphatic rings. The summed E-state index contributed by atoms with van der Waals surface area (Å²) in [4.78, 5) is 2.54. The molecule has 0 spiro atoms. The number of nitrogens with zero attached hydrogens (tertiary/aromatic N) is 1. The highest BCUT2D eigenvalue weighted by Crippen LogP contribution is 2.28. The van der Waals surface area contributed by atoms with Gasteiger partial charge in [0.05, 0.1) is 0 Å². The summed E-state index contributed by atoms with van der Waals surface area (Å²) in [7, 11) is 0. The summed E-state index contributed by atoms with van der Waals surface area (Å²) in [5, 5.41) is 0. The van der Waals surface area contributed by atoms with E-state index in [4.69, 9.17) is 5.73 Å². The van der Waals surface area contributed by atoms with E-state index in [1.54, 1.807) is 0 Å². The molecule has 3 rings (SSSR count). The fraction of sp³-hybridized carbons (Fsp3) is 0.333. The van der Waals surface area contributed by atoms with Gasteiger partial charge in [-0.1, -0.05) is 42.5 Å². The largest absolute Gasteiger partial charge is 0.399 e. The number of hydrogen-bond acceptors (Lipinski definition) is 2. The van der Waals surface area contributed by atoms with Gasteiger partial charge in [0.25, 0.3) is 0 Å². The van der Waals surface area contributed by atoms with Gasteiger partial charge in [-0.3, -0.25) is 4.90 Å². The third-order valence-corrected chi connectivity index (χ3v) is 4.22. The second kappa shape index (κ2) is 6.10. The smallest absolute Gasteiger partial charge is 0.0317 e. The van der Waals surface area contributed by atoms with Crippen molar-refractivity contribution >= 4 is 5.69 Å². The molecule has 1 heterocycles. The fourth-order valence-corrected chi connectivity index (χ4v) is 3.10. The summed E-state index contributed by atoms with van der Waals surface area (Å²) in [6.07, 6.45) is 2.51. The van der Waals surface area contributed by atoms with Crippen LogP contribution in [0.5, 0.6) is 0 Å². The van der Waals surface area contributed by atoms with Gasteiger partial charge < -0.3 is 5.73 Å². The lowest BCUT2D eigenvalue weighted by Crippen LogP contribution is -2.32. The molecule has 2 aromatic carbocycles. The van der Waals surface area contributed by atoms with Crippen molar-refractivity contribution in [3.63, 3.8) is 0 Å². The first-order chi connectivity index (χ1) is 9.81. The van der Waals surface area contributed by atoms with Crippen molar-refractivity contribution in [2.24, 2.45) is 0 Å². The number of piperidine rings is 1. The minimum absolute atomic E-state index is 0.730. The Morgan fingerprint density at radius 3 is 2.40 bits per heavy atom. The summed E-state index contributed by atoms with van der Waals surface area (Å²) in [5.41, 5.74) is 9.52. The summed E-state index contributed by atoms with van der Waals surface area (Å²) >= 11 is 0. The Balaban J connectivity index is 1.56. The fourth-order valence-electron chi connectivity index (χ4n) is 3.10. The standard InChI is InChI=1S/C18H22N2/c19-18-8-4-5-15(13-18)14-20-11-9-17(10-12-20)16-6-2-1-3-7-16/h1-8,13,17H,9-12,14,19H2. The molecule has 0 radical (unpaired) electrons. The maximum absolute atomic E-state index is 5.84. The zero-order valence-corrected chi connectivity index (χ0v) is 11.8. The third kappa shape index (κ3) is 3.20. The summed E-state index contributed by atoms with van der Waals surface area (Å²) < 4.78 is 0. The number of likely N-dealkylation sites (tertiary alicyclic amines) is 1. The van der Waals surface area contributed by atoms with E-state index >= 15 is 0 Å². The number of anilines is 1. The van der Waals surface area contributed by atoms with Crippen molar-refractivity contribution in [2.45, 2.75) is 25.3 Å². The van der Waals surface area contributed by atoms with E-state index in [9.17, 15) is 0 Å². The van der Waals surface area contributed by atoms with E-state index in [1.807, 2.05) is 12.1 Å². The molecule has 0 aromatic heterocycles. The molecule has 0 unspecified atom stereocenters. The van der Waals surface area contributed by atoms with Crippen LogP contribution in [0.15, 0.2) is 54.6 Å². The maximum atomic E-state index is 5.84. The normalized spacial score (nSPS) is 17.2. The maximum Gasteiger partial charge on any atom is 0.0317 e. The SMILES string of the molecule is Nc1cccc(CN2CCC(c3ccccc3)CC2)c1. The number of benzene rings is 2. The van der Waals surface area contributed by atoms with E-state index < -0.39 is 0 Å². The van der Waals surface area contributed by atoms with E-state index in [0.29, 0.717) is 0 Å². The molecule has 0 bridgehead atoms. The van der Waals surface area contributed by atoms with Gasteiger partial charge in [-0.15, -0.1) is 0 Å². The zero-order chi connectivity index (χ0) is 13.8. The lowest BCUT2D eigenvalue weighted by atomic mass is 9.89. The van der Waals surface area contributed by atoms with Gasteiger partial charge in [-0.2, -0.15) is 0 Å². The molecule has 2 aromatic rings. The highest BCUT2D eigenvalue weighted by molar-refractivity contribution is 5.40. The number of nitrogens with two attached hydrogens (primary N) is 1. The first-order valence-electron chi connectivity index (χ1n) is 7.43. The van der Waals surface area contributed by atoms with Gasteiger partial charge in [-0.05, 0) is 55.1 Å². The molecule has 1 fully saturated rings. The van der Waals surface area contributed by atoms with Gasteiger partial charge in [-0.25, -0.2) is 0 Å². The minimum atomic E-state index is 0.730. The van der Waals surface area contributed by atoms with E-state index in [1.165, 1.54) is 37.1 Å². The summed E-state index contributed by atoms with van der Waals surface area (Å²) in [6.45, 7) is 3.37. The Labute approximate surface area is 121 Å². The van der Waals surface area contributed by atoms with Gasteiger partial charge in [0.1, 0.15) is 0 Å². The summed E-state index contributed by atoms with van der Waals surface area (Å²) in [6, 6.07) is 19.2. The average molecular weight is 266 g/mol. The topological polar surface area (TPSA) is 29.3 Å². The van der Waals surface area contributed by atoms with Crippen LogP contribution in [0.2, 0.25) is 0 Å². The molecule has 0 saturated carbocycles. The van der Waals surface area contributed by atoms with Gasteiger partial charge in [0.2, 0.25) is 0 Å². The van der Waals surface area contributed by atoms with Gasteiger partial charge in [0, 0.05) is 12.2 Å². The van der Waals surface area contributed by atoms with E-state index in [0.717, 1.165) is 18.2 Å². The van der Waals surface area contributed by atoms with Crippen molar-refractivity contribution in [2.75, 3.05) is 18.8 Å². The predicted molar refractivity (Wildman–Crippen MR) is 84.5 cm³/mol. The quantitative estimate of drug-likeness (QED) is 0.859. The monoisotopic (exact) mass is 266 g/mol. The number of hydrogen-bond donors (Lipinski definition) is 1. The Bertz CT molecular complexity index is 542. The molecule has 1 aliphatic heterocycles. The van der Waals surface area contributed by atoms with Crippen molar-refractivity contribution < 1.29 is 0 Å². The van der Waals surface area contributed by atoms with Crippen LogP contribution < -0.4 is 5.73 Å². The van der Waals surface area contributed by atoms with E-state index in [-0.39, 0.29) is 0 Å². The van der Waals surface area contributed by atoms with Crippen LogP contribution in [0, 0.1) is 0 Å². The van der Waals surface area contributed by atoms with Crippen LogP contribution in [0.1, 0.15) is 29.9 Å². The van der Waals surface area contributed by atoms with Crippen molar-refractivity contribution in [3.8, 4) is 0 Å². The first kappa shape index (κ1) is 13.2. The van der Waals surface area contributed by atoms with Crippen LogP contribution in [-0.2, 0) is 6.54 Å². The Morgan fingerprint density at radius 2 is 1.70 bits per heavy atom. The van der Waals surface area contributed by atoms with Gasteiger partial charge in [0.15, 0.2) is 0 Å². The molecule has 0 aliphatic carbocycles. The highest BCUT2D eigenvalue weighted by atomic mass is 15.1. The summed E-state index contributed by atoms with van der Waals surface area (Å²) in [5.74, 6) is 0.730. The average Bonchev–Trinajstić information content (AvgIpc) is 2.49. The molecule has 2 N–H and O–H groups in total. The number of nitrogen functional groups attached to an aromatic ring is 1. The van der Waals surface area contributed by atoms with Crippen molar-refractivity contribution in [1.82, 2.24) is 4.90 Å². The van der Waals surface area contributed by atoms with Gasteiger partial charge >= 0.3 is 0 Å². The molecular formula is C18H22N2. The van der Waals surface area contributed by atoms with Crippen molar-refractivity contribution in [1.29, 1.82) is 0 Å². The molecule has 0 atom stereocenters. The Morgan fingerprint density at radius 1 is 0.950 bits per heavy atom. The Hall–Kier alpha value is -1.80. The zero-order valence-electron chi connectivity index (χ0n) is 11.8.